The minimum absolute atomic E-state index is 0.0350. The van der Waals surface area contributed by atoms with Gasteiger partial charge < -0.3 is 14.9 Å². The van der Waals surface area contributed by atoms with Crippen molar-refractivity contribution in [3.8, 4) is 0 Å². The number of aromatic nitrogens is 1. The highest BCUT2D eigenvalue weighted by Crippen LogP contribution is 2.34. The number of hydrogen-bond acceptors (Lipinski definition) is 5. The molecule has 1 atom stereocenters. The lowest BCUT2D eigenvalue weighted by Crippen LogP contribution is -2.49. The van der Waals surface area contributed by atoms with Crippen LogP contribution in [0.2, 0.25) is 0 Å². The number of thiazole rings is 1. The summed E-state index contributed by atoms with van der Waals surface area (Å²) < 4.78 is 1.02. The van der Waals surface area contributed by atoms with Gasteiger partial charge in [0.25, 0.3) is 0 Å². The standard InChI is InChI=1S/C19H22N4O2S/c1-12(19(25)22-9-5-2-6-10-22)23-11-14(24)16(17(23)20)18-21-13-7-3-4-8-15(13)26-18/h3-4,7-8,12,20,24H,2,5-6,9-11H2,1H3. The van der Waals surface area contributed by atoms with Crippen molar-refractivity contribution < 1.29 is 9.90 Å². The van der Waals surface area contributed by atoms with Gasteiger partial charge in [0.1, 0.15) is 22.6 Å². The largest absolute Gasteiger partial charge is 0.510 e. The molecule has 2 N–H and O–H groups in total. The zero-order chi connectivity index (χ0) is 18.3. The van der Waals surface area contributed by atoms with Gasteiger partial charge in [0.2, 0.25) is 5.91 Å². The number of piperidine rings is 1. The van der Waals surface area contributed by atoms with Gasteiger partial charge in [0, 0.05) is 13.1 Å². The molecule has 26 heavy (non-hydrogen) atoms. The van der Waals surface area contributed by atoms with E-state index in [0.717, 1.165) is 36.1 Å². The van der Waals surface area contributed by atoms with E-state index in [2.05, 4.69) is 4.98 Å². The first kappa shape index (κ1) is 17.0. The summed E-state index contributed by atoms with van der Waals surface area (Å²) in [4.78, 5) is 20.9. The Kier molecular flexibility index (Phi) is 4.40. The molecule has 1 aromatic carbocycles. The molecular weight excluding hydrogens is 348 g/mol. The molecule has 0 bridgehead atoms. The highest BCUT2D eigenvalue weighted by molar-refractivity contribution is 7.19. The average molecular weight is 370 g/mol. The molecule has 0 spiro atoms. The topological polar surface area (TPSA) is 80.5 Å². The highest BCUT2D eigenvalue weighted by Gasteiger charge is 2.37. The zero-order valence-electron chi connectivity index (χ0n) is 14.7. The van der Waals surface area contributed by atoms with Crippen LogP contribution in [0.3, 0.4) is 0 Å². The van der Waals surface area contributed by atoms with Crippen LogP contribution in [-0.2, 0) is 4.79 Å². The predicted octanol–water partition coefficient (Wildman–Crippen LogP) is 3.26. The first-order valence-corrected chi connectivity index (χ1v) is 9.80. The summed E-state index contributed by atoms with van der Waals surface area (Å²) in [6.45, 7) is 3.58. The maximum absolute atomic E-state index is 12.8. The molecule has 3 heterocycles. The molecule has 0 radical (unpaired) electrons. The van der Waals surface area contributed by atoms with Crippen LogP contribution in [0, 0.1) is 5.41 Å². The SMILES string of the molecule is CC(C(=O)N1CCCCC1)N1CC(O)=C(c2nc3ccccc3s2)C1=N. The molecule has 136 valence electrons. The predicted molar refractivity (Wildman–Crippen MR) is 103 cm³/mol. The first-order valence-electron chi connectivity index (χ1n) is 8.98. The number of rotatable bonds is 3. The van der Waals surface area contributed by atoms with Crippen molar-refractivity contribution in [2.24, 2.45) is 0 Å². The lowest BCUT2D eigenvalue weighted by atomic mass is 10.1. The summed E-state index contributed by atoms with van der Waals surface area (Å²) in [6.07, 6.45) is 3.24. The third-order valence-electron chi connectivity index (χ3n) is 5.13. The number of nitrogens with one attached hydrogen (secondary N) is 1. The fraction of sp³-hybridized carbons (Fsp3) is 0.421. The maximum atomic E-state index is 12.8. The molecule has 2 aromatic rings. The van der Waals surface area contributed by atoms with E-state index in [1.54, 1.807) is 4.90 Å². The molecule has 1 saturated heterocycles. The molecule has 6 nitrogen and oxygen atoms in total. The Morgan fingerprint density at radius 3 is 2.73 bits per heavy atom. The summed E-state index contributed by atoms with van der Waals surface area (Å²) in [5, 5.41) is 19.7. The van der Waals surface area contributed by atoms with Gasteiger partial charge >= 0.3 is 0 Å². The van der Waals surface area contributed by atoms with E-state index in [1.165, 1.54) is 17.8 Å². The molecule has 1 amide bonds. The van der Waals surface area contributed by atoms with Crippen molar-refractivity contribution in [2.45, 2.75) is 32.2 Å². The van der Waals surface area contributed by atoms with Gasteiger partial charge in [-0.25, -0.2) is 4.98 Å². The summed E-state index contributed by atoms with van der Waals surface area (Å²) in [5.74, 6) is 0.333. The number of para-hydroxylation sites is 1. The Balaban J connectivity index is 1.56. The number of carbonyl (C=O) groups excluding carboxylic acids is 1. The number of aliphatic hydroxyl groups excluding tert-OH is 1. The normalized spacial score (nSPS) is 19.5. The lowest BCUT2D eigenvalue weighted by molar-refractivity contribution is -0.135. The minimum atomic E-state index is -0.463. The van der Waals surface area contributed by atoms with Gasteiger partial charge in [-0.2, -0.15) is 0 Å². The lowest BCUT2D eigenvalue weighted by Gasteiger charge is -2.33. The van der Waals surface area contributed by atoms with Crippen LogP contribution in [0.5, 0.6) is 0 Å². The van der Waals surface area contributed by atoms with Crippen molar-refractivity contribution in [1.82, 2.24) is 14.8 Å². The molecule has 1 aromatic heterocycles. The quantitative estimate of drug-likeness (QED) is 0.869. The molecule has 2 aliphatic heterocycles. The molecule has 4 rings (SSSR count). The van der Waals surface area contributed by atoms with Crippen molar-refractivity contribution in [1.29, 1.82) is 5.41 Å². The van der Waals surface area contributed by atoms with Crippen LogP contribution in [0.4, 0.5) is 0 Å². The van der Waals surface area contributed by atoms with Gasteiger partial charge in [-0.3, -0.25) is 10.2 Å². The molecular formula is C19H22N4O2S. The van der Waals surface area contributed by atoms with Crippen LogP contribution in [0.25, 0.3) is 15.8 Å². The summed E-state index contributed by atoms with van der Waals surface area (Å²) in [6, 6.07) is 7.31. The van der Waals surface area contributed by atoms with Crippen molar-refractivity contribution in [3.63, 3.8) is 0 Å². The molecule has 0 saturated carbocycles. The third kappa shape index (κ3) is 2.86. The van der Waals surface area contributed by atoms with Gasteiger partial charge in [-0.15, -0.1) is 11.3 Å². The number of fused-ring (bicyclic) bond motifs is 1. The van der Waals surface area contributed by atoms with Gasteiger partial charge in [-0.05, 0) is 38.3 Å². The number of benzene rings is 1. The highest BCUT2D eigenvalue weighted by atomic mass is 32.1. The number of nitrogens with zero attached hydrogens (tertiary/aromatic N) is 3. The van der Waals surface area contributed by atoms with E-state index in [9.17, 15) is 9.90 Å². The second kappa shape index (κ2) is 6.72. The fourth-order valence-electron chi connectivity index (χ4n) is 3.65. The maximum Gasteiger partial charge on any atom is 0.245 e. The molecule has 2 aliphatic rings. The Labute approximate surface area is 156 Å². The minimum Gasteiger partial charge on any atom is -0.510 e. The number of amidine groups is 1. The molecule has 0 aliphatic carbocycles. The summed E-state index contributed by atoms with van der Waals surface area (Å²) >= 11 is 1.46. The zero-order valence-corrected chi connectivity index (χ0v) is 15.6. The molecule has 1 fully saturated rings. The first-order chi connectivity index (χ1) is 12.6. The number of hydrogen-bond donors (Lipinski definition) is 2. The smallest absolute Gasteiger partial charge is 0.245 e. The monoisotopic (exact) mass is 370 g/mol. The van der Waals surface area contributed by atoms with E-state index in [0.29, 0.717) is 10.6 Å². The number of likely N-dealkylation sites (tertiary alicyclic amines) is 1. The Morgan fingerprint density at radius 2 is 2.00 bits per heavy atom. The van der Waals surface area contributed by atoms with Crippen molar-refractivity contribution >= 4 is 38.9 Å². The third-order valence-corrected chi connectivity index (χ3v) is 6.19. The number of carbonyl (C=O) groups is 1. The number of amides is 1. The molecule has 1 unspecified atom stereocenters. The van der Waals surface area contributed by atoms with Crippen LogP contribution >= 0.6 is 11.3 Å². The van der Waals surface area contributed by atoms with E-state index < -0.39 is 6.04 Å². The van der Waals surface area contributed by atoms with Gasteiger partial charge in [-0.1, -0.05) is 12.1 Å². The second-order valence-corrected chi connectivity index (χ2v) is 7.88. The van der Waals surface area contributed by atoms with E-state index in [-0.39, 0.29) is 24.0 Å². The van der Waals surface area contributed by atoms with E-state index in [1.807, 2.05) is 36.1 Å². The summed E-state index contributed by atoms with van der Waals surface area (Å²) in [5.41, 5.74) is 1.31. The van der Waals surface area contributed by atoms with Gasteiger partial charge in [0.05, 0.1) is 22.3 Å². The van der Waals surface area contributed by atoms with Crippen LogP contribution in [-0.4, -0.2) is 57.3 Å². The van der Waals surface area contributed by atoms with Crippen molar-refractivity contribution in [2.75, 3.05) is 19.6 Å². The Hall–Kier alpha value is -2.41. The van der Waals surface area contributed by atoms with Crippen molar-refractivity contribution in [3.05, 3.63) is 35.0 Å². The van der Waals surface area contributed by atoms with Crippen LogP contribution in [0.15, 0.2) is 30.0 Å². The van der Waals surface area contributed by atoms with Gasteiger partial charge in [0.15, 0.2) is 0 Å². The van der Waals surface area contributed by atoms with Crippen LogP contribution in [0.1, 0.15) is 31.2 Å². The molecule has 7 heteroatoms. The van der Waals surface area contributed by atoms with E-state index in [4.69, 9.17) is 5.41 Å². The number of aliphatic hydroxyl groups is 1. The van der Waals surface area contributed by atoms with Crippen LogP contribution < -0.4 is 0 Å². The second-order valence-electron chi connectivity index (χ2n) is 6.85. The summed E-state index contributed by atoms with van der Waals surface area (Å²) in [7, 11) is 0. The fourth-order valence-corrected chi connectivity index (χ4v) is 4.68. The van der Waals surface area contributed by atoms with E-state index >= 15 is 0 Å². The average Bonchev–Trinajstić information content (AvgIpc) is 3.21. The Morgan fingerprint density at radius 1 is 1.27 bits per heavy atom. The Bertz CT molecular complexity index is 865.